The van der Waals surface area contributed by atoms with E-state index in [1.807, 2.05) is 11.7 Å². The van der Waals surface area contributed by atoms with Crippen molar-refractivity contribution >= 4 is 21.7 Å². The highest BCUT2D eigenvalue weighted by atomic mass is 79.9. The molecule has 1 aromatic heterocycles. The van der Waals surface area contributed by atoms with Crippen LogP contribution in [0.2, 0.25) is 0 Å². The van der Waals surface area contributed by atoms with Crippen molar-refractivity contribution in [1.82, 2.24) is 15.1 Å². The van der Waals surface area contributed by atoms with Crippen molar-refractivity contribution in [2.45, 2.75) is 51.5 Å². The summed E-state index contributed by atoms with van der Waals surface area (Å²) in [5, 5.41) is 7.78. The molecule has 4 nitrogen and oxygen atoms in total. The van der Waals surface area contributed by atoms with Crippen molar-refractivity contribution in [2.24, 2.45) is 7.05 Å². The monoisotopic (exact) mass is 327 g/mol. The Morgan fingerprint density at radius 2 is 2.16 bits per heavy atom. The van der Waals surface area contributed by atoms with Crippen LogP contribution in [0.25, 0.3) is 0 Å². The molecule has 0 saturated heterocycles. The van der Waals surface area contributed by atoms with Gasteiger partial charge in [-0.25, -0.2) is 0 Å². The minimum Gasteiger partial charge on any atom is -0.307 e. The van der Waals surface area contributed by atoms with E-state index in [9.17, 15) is 4.79 Å². The van der Waals surface area contributed by atoms with Gasteiger partial charge in [0, 0.05) is 13.1 Å². The highest BCUT2D eigenvalue weighted by molar-refractivity contribution is 9.10. The van der Waals surface area contributed by atoms with Gasteiger partial charge in [0.25, 0.3) is 0 Å². The third kappa shape index (κ3) is 3.66. The Morgan fingerprint density at radius 1 is 1.47 bits per heavy atom. The first-order valence-electron chi connectivity index (χ1n) is 7.07. The van der Waals surface area contributed by atoms with E-state index in [4.69, 9.17) is 0 Å². The fourth-order valence-electron chi connectivity index (χ4n) is 2.65. The molecule has 2 rings (SSSR count). The molecule has 0 aliphatic heterocycles. The molecule has 0 spiro atoms. The lowest BCUT2D eigenvalue weighted by Gasteiger charge is -2.10. The van der Waals surface area contributed by atoms with Gasteiger partial charge in [0.15, 0.2) is 5.78 Å². The summed E-state index contributed by atoms with van der Waals surface area (Å²) in [5.41, 5.74) is 2.00. The Hall–Kier alpha value is -0.680. The lowest BCUT2D eigenvalue weighted by molar-refractivity contribution is -0.117. The number of ketones is 1. The number of hydrogen-bond donors (Lipinski definition) is 1. The van der Waals surface area contributed by atoms with Gasteiger partial charge in [-0.15, -0.1) is 0 Å². The fraction of sp³-hybridized carbons (Fsp3) is 0.714. The Balaban J connectivity index is 1.89. The molecule has 0 amide bonds. The minimum atomic E-state index is 0.234. The SMILES string of the molecule is CCc1nn(C)c(CC(=O)CNC2CCCC2)c1Br. The average Bonchev–Trinajstić information content (AvgIpc) is 2.99. The van der Waals surface area contributed by atoms with E-state index in [1.165, 1.54) is 25.7 Å². The summed E-state index contributed by atoms with van der Waals surface area (Å²) in [4.78, 5) is 12.0. The van der Waals surface area contributed by atoms with Crippen molar-refractivity contribution in [3.63, 3.8) is 0 Å². The maximum absolute atomic E-state index is 12.0. The van der Waals surface area contributed by atoms with Crippen LogP contribution >= 0.6 is 15.9 Å². The molecule has 1 aliphatic carbocycles. The van der Waals surface area contributed by atoms with Crippen molar-refractivity contribution in [3.8, 4) is 0 Å². The highest BCUT2D eigenvalue weighted by Gasteiger charge is 2.18. The van der Waals surface area contributed by atoms with Gasteiger partial charge in [-0.3, -0.25) is 9.48 Å². The number of Topliss-reactive ketones (excluding diaryl/α,β-unsaturated/α-hetero) is 1. The van der Waals surface area contributed by atoms with Gasteiger partial charge in [0.2, 0.25) is 0 Å². The van der Waals surface area contributed by atoms with Gasteiger partial charge < -0.3 is 5.32 Å². The van der Waals surface area contributed by atoms with Gasteiger partial charge in [-0.1, -0.05) is 19.8 Å². The fourth-order valence-corrected chi connectivity index (χ4v) is 3.41. The summed E-state index contributed by atoms with van der Waals surface area (Å²) >= 11 is 3.55. The van der Waals surface area contributed by atoms with E-state index in [2.05, 4.69) is 33.3 Å². The Bertz CT molecular complexity index is 450. The number of rotatable bonds is 6. The highest BCUT2D eigenvalue weighted by Crippen LogP contribution is 2.22. The second-order valence-corrected chi connectivity index (χ2v) is 6.06. The quantitative estimate of drug-likeness (QED) is 0.872. The van der Waals surface area contributed by atoms with Gasteiger partial charge in [-0.05, 0) is 35.2 Å². The second-order valence-electron chi connectivity index (χ2n) is 5.26. The molecule has 1 heterocycles. The minimum absolute atomic E-state index is 0.234. The van der Waals surface area contributed by atoms with E-state index >= 15 is 0 Å². The maximum Gasteiger partial charge on any atom is 0.152 e. The molecule has 0 aromatic carbocycles. The number of carbonyl (C=O) groups is 1. The average molecular weight is 328 g/mol. The molecule has 1 fully saturated rings. The van der Waals surface area contributed by atoms with Crippen molar-refractivity contribution in [1.29, 1.82) is 0 Å². The largest absolute Gasteiger partial charge is 0.307 e. The van der Waals surface area contributed by atoms with Crippen LogP contribution in [0.15, 0.2) is 4.47 Å². The molecule has 0 bridgehead atoms. The molecule has 1 N–H and O–H groups in total. The number of aromatic nitrogens is 2. The summed E-state index contributed by atoms with van der Waals surface area (Å²) in [6.07, 6.45) is 6.33. The number of hydrogen-bond acceptors (Lipinski definition) is 3. The Morgan fingerprint density at radius 3 is 2.74 bits per heavy atom. The molecular formula is C14H22BrN3O. The molecule has 1 aromatic rings. The van der Waals surface area contributed by atoms with Crippen LogP contribution in [0.5, 0.6) is 0 Å². The molecule has 1 saturated carbocycles. The topological polar surface area (TPSA) is 46.9 Å². The molecule has 1 aliphatic rings. The van der Waals surface area contributed by atoms with E-state index in [0.29, 0.717) is 19.0 Å². The van der Waals surface area contributed by atoms with Crippen molar-refractivity contribution < 1.29 is 4.79 Å². The van der Waals surface area contributed by atoms with Crippen LogP contribution in [0.3, 0.4) is 0 Å². The van der Waals surface area contributed by atoms with Gasteiger partial charge in [-0.2, -0.15) is 5.10 Å². The zero-order valence-electron chi connectivity index (χ0n) is 11.7. The van der Waals surface area contributed by atoms with E-state index in [0.717, 1.165) is 22.3 Å². The maximum atomic E-state index is 12.0. The number of nitrogens with zero attached hydrogens (tertiary/aromatic N) is 2. The first-order chi connectivity index (χ1) is 9.11. The van der Waals surface area contributed by atoms with E-state index in [1.54, 1.807) is 0 Å². The zero-order chi connectivity index (χ0) is 13.8. The van der Waals surface area contributed by atoms with Crippen LogP contribution in [0.4, 0.5) is 0 Å². The van der Waals surface area contributed by atoms with Crippen LogP contribution in [0, 0.1) is 0 Å². The Kier molecular flexibility index (Phi) is 5.16. The van der Waals surface area contributed by atoms with E-state index < -0.39 is 0 Å². The van der Waals surface area contributed by atoms with Crippen LogP contribution in [-0.4, -0.2) is 28.2 Å². The summed E-state index contributed by atoms with van der Waals surface area (Å²) < 4.78 is 2.81. The summed E-state index contributed by atoms with van der Waals surface area (Å²) in [5.74, 6) is 0.234. The molecule has 0 atom stereocenters. The number of nitrogens with one attached hydrogen (secondary N) is 1. The number of aryl methyl sites for hydroxylation is 2. The van der Waals surface area contributed by atoms with Crippen LogP contribution < -0.4 is 5.32 Å². The standard InChI is InChI=1S/C14H22BrN3O/c1-3-12-14(15)13(18(2)17-12)8-11(19)9-16-10-6-4-5-7-10/h10,16H,3-9H2,1-2H3. The molecule has 19 heavy (non-hydrogen) atoms. The van der Waals surface area contributed by atoms with Crippen molar-refractivity contribution in [2.75, 3.05) is 6.54 Å². The third-order valence-corrected chi connectivity index (χ3v) is 4.73. The van der Waals surface area contributed by atoms with Gasteiger partial charge in [0.05, 0.1) is 28.8 Å². The first-order valence-corrected chi connectivity index (χ1v) is 7.86. The Labute approximate surface area is 123 Å². The number of carbonyl (C=O) groups excluding carboxylic acids is 1. The molecule has 106 valence electrons. The van der Waals surface area contributed by atoms with Crippen molar-refractivity contribution in [3.05, 3.63) is 15.9 Å². The summed E-state index contributed by atoms with van der Waals surface area (Å²) in [7, 11) is 1.90. The van der Waals surface area contributed by atoms with Gasteiger partial charge in [0.1, 0.15) is 0 Å². The summed E-state index contributed by atoms with van der Waals surface area (Å²) in [6.45, 7) is 2.55. The normalized spacial score (nSPS) is 16.2. The lowest BCUT2D eigenvalue weighted by Crippen LogP contribution is -2.32. The van der Waals surface area contributed by atoms with Crippen LogP contribution in [-0.2, 0) is 24.7 Å². The number of halogens is 1. The van der Waals surface area contributed by atoms with Crippen LogP contribution in [0.1, 0.15) is 44.0 Å². The lowest BCUT2D eigenvalue weighted by atomic mass is 10.2. The van der Waals surface area contributed by atoms with E-state index in [-0.39, 0.29) is 5.78 Å². The first kappa shape index (κ1) is 14.7. The second kappa shape index (κ2) is 6.66. The smallest absolute Gasteiger partial charge is 0.152 e. The molecular weight excluding hydrogens is 306 g/mol. The predicted molar refractivity (Wildman–Crippen MR) is 79.3 cm³/mol. The zero-order valence-corrected chi connectivity index (χ0v) is 13.3. The third-order valence-electron chi connectivity index (χ3n) is 3.81. The summed E-state index contributed by atoms with van der Waals surface area (Å²) in [6, 6.07) is 0.546. The molecule has 0 unspecified atom stereocenters. The molecule has 5 heteroatoms. The van der Waals surface area contributed by atoms with Gasteiger partial charge >= 0.3 is 0 Å². The molecule has 0 radical (unpaired) electrons. The predicted octanol–water partition coefficient (Wildman–Crippen LogP) is 2.39.